The predicted molar refractivity (Wildman–Crippen MR) is 102 cm³/mol. The molecule has 2 amide bonds. The summed E-state index contributed by atoms with van der Waals surface area (Å²) in [5.74, 6) is 0. The van der Waals surface area contributed by atoms with Crippen LogP contribution >= 0.6 is 0 Å². The van der Waals surface area contributed by atoms with Gasteiger partial charge < -0.3 is 14.9 Å². The molecule has 0 saturated carbocycles. The van der Waals surface area contributed by atoms with Crippen LogP contribution in [-0.2, 0) is 35.7 Å². The molecule has 1 heterocycles. The van der Waals surface area contributed by atoms with Gasteiger partial charge in [-0.15, -0.1) is 0 Å². The zero-order valence-electron chi connectivity index (χ0n) is 16.3. The van der Waals surface area contributed by atoms with Crippen LogP contribution in [0.15, 0.2) is 6.07 Å². The summed E-state index contributed by atoms with van der Waals surface area (Å²) in [7, 11) is -3.75. The number of rotatable bonds is 5. The van der Waals surface area contributed by atoms with Crippen LogP contribution in [0.2, 0.25) is 0 Å². The van der Waals surface area contributed by atoms with Crippen LogP contribution in [-0.4, -0.2) is 44.2 Å². The number of hydrogen-bond acceptors (Lipinski definition) is 4. The summed E-state index contributed by atoms with van der Waals surface area (Å²) in [6.45, 7) is 3.91. The first-order valence-electron chi connectivity index (χ1n) is 9.64. The van der Waals surface area contributed by atoms with Crippen molar-refractivity contribution in [2.75, 3.05) is 25.0 Å². The van der Waals surface area contributed by atoms with Gasteiger partial charge in [0.2, 0.25) is 0 Å². The van der Waals surface area contributed by atoms with Crippen LogP contribution in [0.4, 0.5) is 10.5 Å². The van der Waals surface area contributed by atoms with Crippen molar-refractivity contribution < 1.29 is 64.6 Å². The summed E-state index contributed by atoms with van der Waals surface area (Å²) in [4.78, 5) is 14.5. The molecule has 0 unspecified atom stereocenters. The first-order valence-corrected chi connectivity index (χ1v) is 11.1. The van der Waals surface area contributed by atoms with E-state index in [9.17, 15) is 13.2 Å². The molecule has 6 nitrogen and oxygen atoms in total. The number of carbonyl (C=O) groups is 1. The number of urea groups is 1. The molecule has 1 N–H and O–H groups in total. The molecular formula is C19H26KN3O3S. The maximum absolute atomic E-state index is 12.4. The van der Waals surface area contributed by atoms with E-state index in [1.165, 1.54) is 22.3 Å². The Labute approximate surface area is 204 Å². The van der Waals surface area contributed by atoms with Crippen molar-refractivity contribution in [2.45, 2.75) is 57.1 Å². The van der Waals surface area contributed by atoms with Gasteiger partial charge in [-0.1, -0.05) is 13.0 Å². The normalized spacial score (nSPS) is 19.0. The number of likely N-dealkylation sites (tertiary alicyclic amines) is 1. The van der Waals surface area contributed by atoms with Gasteiger partial charge >= 0.3 is 51.4 Å². The average Bonchev–Trinajstić information content (AvgIpc) is 3.18. The third-order valence-electron chi connectivity index (χ3n) is 5.80. The standard InChI is InChI=1S/C19H27N3O3S.K/c1-2-9-22-11-15(12-22)26(24,25)21-19(23)20-18-16-7-3-5-13(16)10-14-6-4-8-17(14)18;/h10,15H,2-9,11-12H2,1H3,(H2,20,21,23);/q;+1/p-1. The van der Waals surface area contributed by atoms with Crippen molar-refractivity contribution in [1.29, 1.82) is 0 Å². The third kappa shape index (κ3) is 4.47. The second-order valence-electron chi connectivity index (χ2n) is 7.65. The molecule has 3 aliphatic rings. The molecular weight excluding hydrogens is 389 g/mol. The van der Waals surface area contributed by atoms with E-state index >= 15 is 0 Å². The number of carbonyl (C=O) groups excluding carboxylic acids is 1. The fourth-order valence-electron chi connectivity index (χ4n) is 4.50. The molecule has 1 fully saturated rings. The predicted octanol–water partition coefficient (Wildman–Crippen LogP) is -0.00240. The van der Waals surface area contributed by atoms with Gasteiger partial charge in [-0.25, -0.2) is 8.42 Å². The van der Waals surface area contributed by atoms with Crippen LogP contribution in [0.25, 0.3) is 4.72 Å². The maximum Gasteiger partial charge on any atom is 1.00 e. The number of sulfonamides is 1. The minimum atomic E-state index is -3.75. The number of anilines is 1. The molecule has 142 valence electrons. The molecule has 1 aromatic rings. The van der Waals surface area contributed by atoms with E-state index in [0.717, 1.165) is 57.2 Å². The van der Waals surface area contributed by atoms with Gasteiger partial charge in [-0.2, -0.15) is 0 Å². The third-order valence-corrected chi connectivity index (χ3v) is 7.36. The Morgan fingerprint density at radius 2 is 1.74 bits per heavy atom. The summed E-state index contributed by atoms with van der Waals surface area (Å²) in [6.07, 6.45) is 7.14. The second kappa shape index (κ2) is 8.81. The molecule has 0 radical (unpaired) electrons. The molecule has 0 spiro atoms. The van der Waals surface area contributed by atoms with Gasteiger partial charge in [0, 0.05) is 13.1 Å². The van der Waals surface area contributed by atoms with Crippen LogP contribution in [0, 0.1) is 0 Å². The molecule has 2 aliphatic carbocycles. The number of nitrogens with zero attached hydrogens (tertiary/aromatic N) is 2. The molecule has 1 aliphatic heterocycles. The average molecular weight is 416 g/mol. The smallest absolute Gasteiger partial charge is 0.423 e. The van der Waals surface area contributed by atoms with Gasteiger partial charge in [0.05, 0.1) is 5.25 Å². The minimum absolute atomic E-state index is 0. The number of fused-ring (bicyclic) bond motifs is 2. The Hall–Kier alpha value is 0.0364. The number of nitrogens with one attached hydrogen (secondary N) is 1. The van der Waals surface area contributed by atoms with Gasteiger partial charge in [-0.05, 0) is 79.4 Å². The zero-order valence-corrected chi connectivity index (χ0v) is 20.2. The quantitative estimate of drug-likeness (QED) is 0.687. The molecule has 1 aromatic carbocycles. The van der Waals surface area contributed by atoms with Crippen molar-refractivity contribution in [3.05, 3.63) is 33.0 Å². The summed E-state index contributed by atoms with van der Waals surface area (Å²) in [5.41, 5.74) is 5.82. The first kappa shape index (κ1) is 21.7. The van der Waals surface area contributed by atoms with E-state index in [2.05, 4.69) is 27.9 Å². The molecule has 4 rings (SSSR count). The van der Waals surface area contributed by atoms with E-state index in [4.69, 9.17) is 0 Å². The summed E-state index contributed by atoms with van der Waals surface area (Å²) in [6, 6.07) is 1.54. The molecule has 0 atom stereocenters. The number of amides is 2. The van der Waals surface area contributed by atoms with Gasteiger partial charge in [0.15, 0.2) is 16.1 Å². The van der Waals surface area contributed by atoms with Crippen molar-refractivity contribution in [1.82, 2.24) is 4.90 Å². The van der Waals surface area contributed by atoms with E-state index in [-0.39, 0.29) is 51.4 Å². The Morgan fingerprint density at radius 3 is 2.30 bits per heavy atom. The van der Waals surface area contributed by atoms with Gasteiger partial charge in [0.25, 0.3) is 0 Å². The second-order valence-corrected chi connectivity index (χ2v) is 9.53. The van der Waals surface area contributed by atoms with Gasteiger partial charge in [-0.3, -0.25) is 4.79 Å². The molecule has 8 heteroatoms. The molecule has 0 bridgehead atoms. The van der Waals surface area contributed by atoms with E-state index in [1.807, 2.05) is 0 Å². The summed E-state index contributed by atoms with van der Waals surface area (Å²) >= 11 is 0. The topological polar surface area (TPSA) is 80.6 Å². The van der Waals surface area contributed by atoms with Crippen LogP contribution in [0.5, 0.6) is 0 Å². The van der Waals surface area contributed by atoms with E-state index < -0.39 is 21.3 Å². The molecule has 27 heavy (non-hydrogen) atoms. The number of aryl methyl sites for hydroxylation is 2. The Bertz CT molecular complexity index is 803. The first-order chi connectivity index (χ1) is 12.5. The number of benzene rings is 1. The Morgan fingerprint density at radius 1 is 1.15 bits per heavy atom. The SMILES string of the molecule is CCCN1CC(S(=O)(=O)[N-]C(=O)Nc2c3c(cc4c2CCC4)CCC3)C1.[K+]. The molecule has 1 saturated heterocycles. The van der Waals surface area contributed by atoms with Crippen molar-refractivity contribution in [3.8, 4) is 0 Å². The Balaban J connectivity index is 0.00000210. The monoisotopic (exact) mass is 415 g/mol. The maximum atomic E-state index is 12.4. The summed E-state index contributed by atoms with van der Waals surface area (Å²) in [5, 5.41) is 2.29. The summed E-state index contributed by atoms with van der Waals surface area (Å²) < 4.78 is 28.3. The fourth-order valence-corrected chi connectivity index (χ4v) is 5.72. The zero-order chi connectivity index (χ0) is 18.3. The minimum Gasteiger partial charge on any atom is -0.423 e. The van der Waals surface area contributed by atoms with Crippen molar-refractivity contribution in [3.63, 3.8) is 0 Å². The van der Waals surface area contributed by atoms with Crippen molar-refractivity contribution >= 4 is 21.7 Å². The van der Waals surface area contributed by atoms with E-state index in [1.54, 1.807) is 0 Å². The van der Waals surface area contributed by atoms with Crippen LogP contribution in [0.1, 0.15) is 48.4 Å². The molecule has 0 aromatic heterocycles. The fraction of sp³-hybridized carbons (Fsp3) is 0.632. The number of hydrogen-bond donors (Lipinski definition) is 1. The van der Waals surface area contributed by atoms with Crippen LogP contribution in [0.3, 0.4) is 0 Å². The Kier molecular flexibility index (Phi) is 7.09. The largest absolute Gasteiger partial charge is 1.00 e. The van der Waals surface area contributed by atoms with Crippen LogP contribution < -0.4 is 56.7 Å². The van der Waals surface area contributed by atoms with E-state index in [0.29, 0.717) is 13.1 Å². The van der Waals surface area contributed by atoms with Crippen molar-refractivity contribution in [2.24, 2.45) is 0 Å². The van der Waals surface area contributed by atoms with Gasteiger partial charge in [0.1, 0.15) is 0 Å².